The standard InChI is InChI=1S/C12H14N2O4/c1-9(15)13-7-3-4-10-5-6-11(18-2)8-12(10)14(16)17/h3-6,8H,7H2,1-2H3,(H,13,15). The molecule has 1 N–H and O–H groups in total. The molecule has 1 amide bonds. The second-order valence-corrected chi connectivity index (χ2v) is 3.52. The number of carbonyl (C=O) groups excluding carboxylic acids is 1. The Hall–Kier alpha value is -2.37. The third-order valence-electron chi connectivity index (χ3n) is 2.20. The van der Waals surface area contributed by atoms with E-state index in [-0.39, 0.29) is 11.6 Å². The van der Waals surface area contributed by atoms with Crippen molar-refractivity contribution in [3.63, 3.8) is 0 Å². The van der Waals surface area contributed by atoms with Crippen molar-refractivity contribution in [3.05, 3.63) is 40.0 Å². The number of ether oxygens (including phenoxy) is 1. The van der Waals surface area contributed by atoms with E-state index in [9.17, 15) is 14.9 Å². The number of hydrogen-bond acceptors (Lipinski definition) is 4. The molecule has 0 fully saturated rings. The van der Waals surface area contributed by atoms with Gasteiger partial charge in [-0.1, -0.05) is 12.2 Å². The molecule has 0 aromatic heterocycles. The van der Waals surface area contributed by atoms with Crippen LogP contribution in [-0.2, 0) is 4.79 Å². The zero-order valence-electron chi connectivity index (χ0n) is 10.2. The lowest BCUT2D eigenvalue weighted by atomic mass is 10.1. The molecular weight excluding hydrogens is 236 g/mol. The fourth-order valence-corrected chi connectivity index (χ4v) is 1.34. The lowest BCUT2D eigenvalue weighted by molar-refractivity contribution is -0.385. The fourth-order valence-electron chi connectivity index (χ4n) is 1.34. The Morgan fingerprint density at radius 3 is 2.83 bits per heavy atom. The molecule has 6 nitrogen and oxygen atoms in total. The first-order valence-corrected chi connectivity index (χ1v) is 5.28. The van der Waals surface area contributed by atoms with E-state index in [1.165, 1.54) is 20.1 Å². The van der Waals surface area contributed by atoms with Crippen LogP contribution < -0.4 is 10.1 Å². The molecule has 0 atom stereocenters. The molecule has 96 valence electrons. The highest BCUT2D eigenvalue weighted by Crippen LogP contribution is 2.25. The minimum Gasteiger partial charge on any atom is -0.497 e. The van der Waals surface area contributed by atoms with Crippen LogP contribution in [-0.4, -0.2) is 24.5 Å². The van der Waals surface area contributed by atoms with Crippen LogP contribution in [0.1, 0.15) is 12.5 Å². The molecule has 0 aliphatic rings. The summed E-state index contributed by atoms with van der Waals surface area (Å²) in [5.41, 5.74) is 0.430. The Kier molecular flexibility index (Phi) is 4.86. The Balaban J connectivity index is 2.87. The van der Waals surface area contributed by atoms with Gasteiger partial charge in [-0.05, 0) is 12.1 Å². The Morgan fingerprint density at radius 2 is 2.28 bits per heavy atom. The van der Waals surface area contributed by atoms with Gasteiger partial charge >= 0.3 is 0 Å². The van der Waals surface area contributed by atoms with Crippen LogP contribution in [0.2, 0.25) is 0 Å². The Morgan fingerprint density at radius 1 is 1.56 bits per heavy atom. The predicted octanol–water partition coefficient (Wildman–Crippen LogP) is 1.75. The molecule has 0 radical (unpaired) electrons. The zero-order chi connectivity index (χ0) is 13.5. The first-order chi connectivity index (χ1) is 8.54. The van der Waals surface area contributed by atoms with Gasteiger partial charge in [-0.2, -0.15) is 0 Å². The van der Waals surface area contributed by atoms with Crippen molar-refractivity contribution in [2.24, 2.45) is 0 Å². The molecule has 0 unspecified atom stereocenters. The molecule has 1 aromatic rings. The van der Waals surface area contributed by atoms with E-state index in [2.05, 4.69) is 5.32 Å². The molecule has 0 saturated carbocycles. The second-order valence-electron chi connectivity index (χ2n) is 3.52. The summed E-state index contributed by atoms with van der Waals surface area (Å²) in [6, 6.07) is 4.60. The topological polar surface area (TPSA) is 81.5 Å². The average molecular weight is 250 g/mol. The molecule has 0 heterocycles. The van der Waals surface area contributed by atoms with Gasteiger partial charge in [0.25, 0.3) is 5.69 Å². The number of nitrogens with one attached hydrogen (secondary N) is 1. The van der Waals surface area contributed by atoms with E-state index in [1.807, 2.05) is 0 Å². The van der Waals surface area contributed by atoms with E-state index in [0.717, 1.165) is 0 Å². The molecule has 0 bridgehead atoms. The van der Waals surface area contributed by atoms with Gasteiger partial charge in [0, 0.05) is 13.5 Å². The summed E-state index contributed by atoms with van der Waals surface area (Å²) in [5, 5.41) is 13.4. The van der Waals surface area contributed by atoms with Crippen molar-refractivity contribution in [1.82, 2.24) is 5.32 Å². The summed E-state index contributed by atoms with van der Waals surface area (Å²) < 4.78 is 4.93. The second kappa shape index (κ2) is 6.39. The number of benzene rings is 1. The summed E-state index contributed by atoms with van der Waals surface area (Å²) in [6.45, 7) is 1.74. The van der Waals surface area contributed by atoms with Gasteiger partial charge in [-0.25, -0.2) is 0 Å². The normalized spacial score (nSPS) is 10.3. The zero-order valence-corrected chi connectivity index (χ0v) is 10.2. The summed E-state index contributed by atoms with van der Waals surface area (Å²) in [6.07, 6.45) is 3.24. The van der Waals surface area contributed by atoms with Crippen molar-refractivity contribution in [3.8, 4) is 5.75 Å². The quantitative estimate of drug-likeness (QED) is 0.637. The fraction of sp³-hybridized carbons (Fsp3) is 0.250. The van der Waals surface area contributed by atoms with Crippen molar-refractivity contribution >= 4 is 17.7 Å². The lowest BCUT2D eigenvalue weighted by Crippen LogP contribution is -2.19. The Bertz CT molecular complexity index is 483. The predicted molar refractivity (Wildman–Crippen MR) is 67.4 cm³/mol. The van der Waals surface area contributed by atoms with E-state index in [4.69, 9.17) is 4.74 Å². The highest BCUT2D eigenvalue weighted by atomic mass is 16.6. The van der Waals surface area contributed by atoms with Gasteiger partial charge in [0.05, 0.1) is 23.7 Å². The number of hydrogen-bond donors (Lipinski definition) is 1. The van der Waals surface area contributed by atoms with Crippen LogP contribution in [0.4, 0.5) is 5.69 Å². The highest BCUT2D eigenvalue weighted by molar-refractivity contribution is 5.73. The van der Waals surface area contributed by atoms with Crippen molar-refractivity contribution in [1.29, 1.82) is 0 Å². The maximum Gasteiger partial charge on any atom is 0.280 e. The number of nitro benzene ring substituents is 1. The molecule has 1 aromatic carbocycles. The number of nitro groups is 1. The maximum atomic E-state index is 10.9. The van der Waals surface area contributed by atoms with E-state index >= 15 is 0 Å². The number of methoxy groups -OCH3 is 1. The SMILES string of the molecule is COc1ccc(C=CCNC(C)=O)c([N+](=O)[O-])c1. The van der Waals surface area contributed by atoms with Crippen LogP contribution in [0.5, 0.6) is 5.75 Å². The monoisotopic (exact) mass is 250 g/mol. The van der Waals surface area contributed by atoms with Gasteiger partial charge in [-0.15, -0.1) is 0 Å². The van der Waals surface area contributed by atoms with E-state index < -0.39 is 4.92 Å². The largest absolute Gasteiger partial charge is 0.497 e. The number of rotatable bonds is 5. The molecule has 0 aliphatic heterocycles. The summed E-state index contributed by atoms with van der Waals surface area (Å²) in [5.74, 6) is 0.282. The molecule has 1 rings (SSSR count). The first-order valence-electron chi connectivity index (χ1n) is 5.28. The molecule has 18 heavy (non-hydrogen) atoms. The summed E-state index contributed by atoms with van der Waals surface area (Å²) >= 11 is 0. The van der Waals surface area contributed by atoms with E-state index in [0.29, 0.717) is 17.9 Å². The molecule has 0 saturated heterocycles. The number of nitrogens with zero attached hydrogens (tertiary/aromatic N) is 1. The van der Waals surface area contributed by atoms with Gasteiger partial charge in [0.2, 0.25) is 5.91 Å². The van der Waals surface area contributed by atoms with Gasteiger partial charge in [0.1, 0.15) is 5.75 Å². The van der Waals surface area contributed by atoms with Crippen LogP contribution in [0.25, 0.3) is 6.08 Å². The van der Waals surface area contributed by atoms with Gasteiger partial charge in [-0.3, -0.25) is 14.9 Å². The van der Waals surface area contributed by atoms with Crippen LogP contribution in [0, 0.1) is 10.1 Å². The molecule has 0 spiro atoms. The molecular formula is C12H14N2O4. The van der Waals surface area contributed by atoms with Crippen LogP contribution >= 0.6 is 0 Å². The average Bonchev–Trinajstić information content (AvgIpc) is 2.34. The van der Waals surface area contributed by atoms with Crippen LogP contribution in [0.15, 0.2) is 24.3 Å². The lowest BCUT2D eigenvalue weighted by Gasteiger charge is -2.02. The Labute approximate surface area is 104 Å². The third kappa shape index (κ3) is 3.89. The maximum absolute atomic E-state index is 10.9. The van der Waals surface area contributed by atoms with Crippen LogP contribution in [0.3, 0.4) is 0 Å². The number of carbonyl (C=O) groups is 1. The van der Waals surface area contributed by atoms with E-state index in [1.54, 1.807) is 24.3 Å². The van der Waals surface area contributed by atoms with Crippen molar-refractivity contribution in [2.45, 2.75) is 6.92 Å². The van der Waals surface area contributed by atoms with Crippen molar-refractivity contribution < 1.29 is 14.5 Å². The minimum atomic E-state index is -0.472. The summed E-state index contributed by atoms with van der Waals surface area (Å²) in [4.78, 5) is 21.0. The van der Waals surface area contributed by atoms with Gasteiger partial charge in [0.15, 0.2) is 0 Å². The smallest absolute Gasteiger partial charge is 0.280 e. The first kappa shape index (κ1) is 13.7. The summed E-state index contributed by atoms with van der Waals surface area (Å²) in [7, 11) is 1.45. The highest BCUT2D eigenvalue weighted by Gasteiger charge is 2.12. The molecule has 0 aliphatic carbocycles. The van der Waals surface area contributed by atoms with Crippen molar-refractivity contribution in [2.75, 3.05) is 13.7 Å². The third-order valence-corrected chi connectivity index (χ3v) is 2.20. The van der Waals surface area contributed by atoms with Gasteiger partial charge < -0.3 is 10.1 Å². The number of amides is 1. The molecule has 6 heteroatoms. The minimum absolute atomic E-state index is 0.0339.